The van der Waals surface area contributed by atoms with Crippen molar-refractivity contribution in [1.82, 2.24) is 0 Å². The smallest absolute Gasteiger partial charge is 0.135 e. The zero-order chi connectivity index (χ0) is 14.1. The maximum atomic E-state index is 5.36. The zero-order valence-corrected chi connectivity index (χ0v) is 14.8. The Hall–Kier alpha value is -0.650. The SMILES string of the molecule is COc1cc(NC2CSc3ccccc32)c(Br)cc1Br. The van der Waals surface area contributed by atoms with Crippen molar-refractivity contribution in [1.29, 1.82) is 0 Å². The Kier molecular flexibility index (Phi) is 4.29. The summed E-state index contributed by atoms with van der Waals surface area (Å²) in [5, 5.41) is 3.60. The largest absolute Gasteiger partial charge is 0.495 e. The minimum absolute atomic E-state index is 0.332. The average Bonchev–Trinajstić information content (AvgIpc) is 2.85. The van der Waals surface area contributed by atoms with E-state index in [9.17, 15) is 0 Å². The number of methoxy groups -OCH3 is 1. The van der Waals surface area contributed by atoms with Crippen molar-refractivity contribution in [2.24, 2.45) is 0 Å². The lowest BCUT2D eigenvalue weighted by atomic mass is 10.1. The molecule has 0 amide bonds. The van der Waals surface area contributed by atoms with E-state index in [4.69, 9.17) is 4.74 Å². The van der Waals surface area contributed by atoms with Gasteiger partial charge in [0.2, 0.25) is 0 Å². The summed E-state index contributed by atoms with van der Waals surface area (Å²) in [5.74, 6) is 1.87. The second kappa shape index (κ2) is 6.00. The molecule has 1 atom stereocenters. The van der Waals surface area contributed by atoms with Gasteiger partial charge in [-0.1, -0.05) is 18.2 Å². The van der Waals surface area contributed by atoms with E-state index in [0.29, 0.717) is 6.04 Å². The minimum atomic E-state index is 0.332. The maximum Gasteiger partial charge on any atom is 0.135 e. The van der Waals surface area contributed by atoms with Gasteiger partial charge in [0.1, 0.15) is 5.75 Å². The van der Waals surface area contributed by atoms with Crippen LogP contribution in [0.3, 0.4) is 0 Å². The van der Waals surface area contributed by atoms with E-state index in [0.717, 1.165) is 26.1 Å². The van der Waals surface area contributed by atoms with Gasteiger partial charge in [0.15, 0.2) is 0 Å². The monoisotopic (exact) mass is 413 g/mol. The molecule has 5 heteroatoms. The Morgan fingerprint density at radius 2 is 2.00 bits per heavy atom. The summed E-state index contributed by atoms with van der Waals surface area (Å²) in [6.07, 6.45) is 0. The first-order valence-electron chi connectivity index (χ1n) is 6.20. The Bertz CT molecular complexity index is 648. The van der Waals surface area contributed by atoms with E-state index >= 15 is 0 Å². The Labute approximate surface area is 139 Å². The van der Waals surface area contributed by atoms with E-state index in [1.54, 1.807) is 7.11 Å². The number of benzene rings is 2. The van der Waals surface area contributed by atoms with Crippen molar-refractivity contribution in [3.8, 4) is 5.75 Å². The summed E-state index contributed by atoms with van der Waals surface area (Å²) in [4.78, 5) is 1.37. The predicted octanol–water partition coefficient (Wildman–Crippen LogP) is 5.48. The second-order valence-electron chi connectivity index (χ2n) is 4.51. The molecule has 2 aromatic rings. The van der Waals surface area contributed by atoms with Crippen LogP contribution in [0.1, 0.15) is 11.6 Å². The molecule has 1 aliphatic rings. The van der Waals surface area contributed by atoms with E-state index in [1.807, 2.05) is 23.9 Å². The number of thioether (sulfide) groups is 1. The molecular formula is C15H13Br2NOS. The Morgan fingerprint density at radius 1 is 1.20 bits per heavy atom. The lowest BCUT2D eigenvalue weighted by Crippen LogP contribution is -2.10. The van der Waals surface area contributed by atoms with Gasteiger partial charge in [-0.15, -0.1) is 11.8 Å². The number of hydrogen-bond acceptors (Lipinski definition) is 3. The first-order chi connectivity index (χ1) is 9.69. The molecule has 20 heavy (non-hydrogen) atoms. The Morgan fingerprint density at radius 3 is 2.80 bits per heavy atom. The third kappa shape index (κ3) is 2.71. The van der Waals surface area contributed by atoms with Gasteiger partial charge in [-0.05, 0) is 49.6 Å². The van der Waals surface area contributed by atoms with Crippen molar-refractivity contribution in [3.05, 3.63) is 50.9 Å². The molecule has 3 rings (SSSR count). The molecule has 0 aromatic heterocycles. The van der Waals surface area contributed by atoms with Gasteiger partial charge in [0.05, 0.1) is 23.3 Å². The van der Waals surface area contributed by atoms with Gasteiger partial charge >= 0.3 is 0 Å². The second-order valence-corrected chi connectivity index (χ2v) is 7.28. The zero-order valence-electron chi connectivity index (χ0n) is 10.8. The van der Waals surface area contributed by atoms with E-state index in [-0.39, 0.29) is 0 Å². The van der Waals surface area contributed by atoms with Crippen molar-refractivity contribution in [2.75, 3.05) is 18.2 Å². The van der Waals surface area contributed by atoms with E-state index < -0.39 is 0 Å². The molecular weight excluding hydrogens is 402 g/mol. The van der Waals surface area contributed by atoms with Crippen LogP contribution in [0, 0.1) is 0 Å². The van der Waals surface area contributed by atoms with Crippen molar-refractivity contribution in [3.63, 3.8) is 0 Å². The molecule has 1 heterocycles. The number of fused-ring (bicyclic) bond motifs is 1. The molecule has 1 unspecified atom stereocenters. The standard InChI is InChI=1S/C15H13Br2NOS/c1-19-14-7-12(10(16)6-11(14)17)18-13-8-20-15-5-3-2-4-9(13)15/h2-7,13,18H,8H2,1H3. The fraction of sp³-hybridized carbons (Fsp3) is 0.200. The fourth-order valence-corrected chi connectivity index (χ4v) is 4.70. The molecule has 0 spiro atoms. The third-order valence-electron chi connectivity index (χ3n) is 3.27. The molecule has 1 aliphatic heterocycles. The highest BCUT2D eigenvalue weighted by Gasteiger charge is 2.23. The van der Waals surface area contributed by atoms with Gasteiger partial charge in [-0.2, -0.15) is 0 Å². The molecule has 0 saturated carbocycles. The fourth-order valence-electron chi connectivity index (χ4n) is 2.27. The molecule has 1 N–H and O–H groups in total. The van der Waals surface area contributed by atoms with Crippen molar-refractivity contribution < 1.29 is 4.74 Å². The van der Waals surface area contributed by atoms with Crippen LogP contribution in [-0.4, -0.2) is 12.9 Å². The summed E-state index contributed by atoms with van der Waals surface area (Å²) < 4.78 is 7.33. The molecule has 0 fully saturated rings. The summed E-state index contributed by atoms with van der Waals surface area (Å²) in [7, 11) is 1.68. The molecule has 2 aromatic carbocycles. The van der Waals surface area contributed by atoms with Gasteiger partial charge in [0.25, 0.3) is 0 Å². The molecule has 104 valence electrons. The number of hydrogen-bond donors (Lipinski definition) is 1. The molecule has 2 nitrogen and oxygen atoms in total. The van der Waals surface area contributed by atoms with Crippen molar-refractivity contribution >= 4 is 49.3 Å². The van der Waals surface area contributed by atoms with Crippen LogP contribution in [0.5, 0.6) is 5.75 Å². The number of halogens is 2. The van der Waals surface area contributed by atoms with Gasteiger partial charge in [-0.25, -0.2) is 0 Å². The summed E-state index contributed by atoms with van der Waals surface area (Å²) in [5.41, 5.74) is 2.42. The number of nitrogens with one attached hydrogen (secondary N) is 1. The normalized spacial score (nSPS) is 16.9. The highest BCUT2D eigenvalue weighted by atomic mass is 79.9. The van der Waals surface area contributed by atoms with Crippen LogP contribution in [0.4, 0.5) is 5.69 Å². The highest BCUT2D eigenvalue weighted by Crippen LogP contribution is 2.42. The number of ether oxygens (including phenoxy) is 1. The molecule has 0 aliphatic carbocycles. The van der Waals surface area contributed by atoms with Gasteiger partial charge in [0, 0.05) is 21.2 Å². The van der Waals surface area contributed by atoms with Crippen LogP contribution >= 0.6 is 43.6 Å². The molecule has 0 radical (unpaired) electrons. The highest BCUT2D eigenvalue weighted by molar-refractivity contribution is 9.11. The summed E-state index contributed by atoms with van der Waals surface area (Å²) >= 11 is 8.99. The summed E-state index contributed by atoms with van der Waals surface area (Å²) in [6, 6.07) is 12.9. The number of anilines is 1. The Balaban J connectivity index is 1.89. The maximum absolute atomic E-state index is 5.36. The predicted molar refractivity (Wildman–Crippen MR) is 91.9 cm³/mol. The van der Waals surface area contributed by atoms with Crippen LogP contribution in [0.15, 0.2) is 50.2 Å². The van der Waals surface area contributed by atoms with Crippen molar-refractivity contribution in [2.45, 2.75) is 10.9 Å². The first-order valence-corrected chi connectivity index (χ1v) is 8.77. The van der Waals surface area contributed by atoms with E-state index in [1.165, 1.54) is 10.5 Å². The van der Waals surface area contributed by atoms with E-state index in [2.05, 4.69) is 61.4 Å². The topological polar surface area (TPSA) is 21.3 Å². The lowest BCUT2D eigenvalue weighted by Gasteiger charge is -2.17. The third-order valence-corrected chi connectivity index (χ3v) is 5.73. The van der Waals surface area contributed by atoms with Crippen LogP contribution in [0.2, 0.25) is 0 Å². The quantitative estimate of drug-likeness (QED) is 0.718. The van der Waals surface area contributed by atoms with Gasteiger partial charge in [-0.3, -0.25) is 0 Å². The first kappa shape index (κ1) is 14.3. The molecule has 0 saturated heterocycles. The molecule has 0 bridgehead atoms. The van der Waals surface area contributed by atoms with Gasteiger partial charge < -0.3 is 10.1 Å². The lowest BCUT2D eigenvalue weighted by molar-refractivity contribution is 0.412. The average molecular weight is 415 g/mol. The van der Waals surface area contributed by atoms with Crippen LogP contribution < -0.4 is 10.1 Å². The number of rotatable bonds is 3. The summed E-state index contributed by atoms with van der Waals surface area (Å²) in [6.45, 7) is 0. The van der Waals surface area contributed by atoms with Crippen LogP contribution in [-0.2, 0) is 0 Å². The van der Waals surface area contributed by atoms with Crippen LogP contribution in [0.25, 0.3) is 0 Å². The minimum Gasteiger partial charge on any atom is -0.495 e.